The molecular weight excluding hydrogens is 214 g/mol. The van der Waals surface area contributed by atoms with E-state index in [2.05, 4.69) is 10.2 Å². The van der Waals surface area contributed by atoms with E-state index in [0.717, 1.165) is 30.0 Å². The largest absolute Gasteiger partial charge is 0.487 e. The number of nitrogens with zero attached hydrogens (tertiary/aromatic N) is 1. The Morgan fingerprint density at radius 2 is 2.29 bits per heavy atom. The Morgan fingerprint density at radius 3 is 3.18 bits per heavy atom. The summed E-state index contributed by atoms with van der Waals surface area (Å²) in [5.41, 5.74) is 10.1. The van der Waals surface area contributed by atoms with Crippen LogP contribution in [0.1, 0.15) is 23.4 Å². The topological polar surface area (TPSA) is 63.9 Å². The second-order valence-corrected chi connectivity index (χ2v) is 4.34. The van der Waals surface area contributed by atoms with Gasteiger partial charge in [-0.2, -0.15) is 5.10 Å². The van der Waals surface area contributed by atoms with E-state index in [9.17, 15) is 0 Å². The summed E-state index contributed by atoms with van der Waals surface area (Å²) in [5, 5.41) is 7.37. The minimum Gasteiger partial charge on any atom is -0.487 e. The molecule has 1 aromatic carbocycles. The molecule has 0 spiro atoms. The van der Waals surface area contributed by atoms with Crippen LogP contribution in [0.15, 0.2) is 24.3 Å². The number of H-pyrrole nitrogens is 1. The van der Waals surface area contributed by atoms with Crippen LogP contribution in [-0.2, 0) is 19.4 Å². The molecule has 0 amide bonds. The number of rotatable bonds is 3. The van der Waals surface area contributed by atoms with E-state index in [1.165, 1.54) is 17.7 Å². The lowest BCUT2D eigenvalue weighted by Gasteiger charge is -2.05. The molecule has 1 aliphatic rings. The molecule has 1 aliphatic carbocycles. The molecular formula is C13H15N3O. The molecule has 17 heavy (non-hydrogen) atoms. The smallest absolute Gasteiger partial charge is 0.132 e. The molecule has 0 aliphatic heterocycles. The maximum atomic E-state index is 5.70. The molecule has 0 radical (unpaired) electrons. The first-order valence-electron chi connectivity index (χ1n) is 5.86. The van der Waals surface area contributed by atoms with Crippen LogP contribution < -0.4 is 10.5 Å². The van der Waals surface area contributed by atoms with E-state index in [-0.39, 0.29) is 0 Å². The highest BCUT2D eigenvalue weighted by Gasteiger charge is 2.18. The van der Waals surface area contributed by atoms with E-state index in [0.29, 0.717) is 6.61 Å². The fourth-order valence-electron chi connectivity index (χ4n) is 2.26. The molecule has 0 bridgehead atoms. The standard InChI is InChI=1S/C13H15N3O/c14-9-3-1-4-10(7-9)17-8-13-11-5-2-6-12(11)15-16-13/h1,3-4,7H,2,5-6,8,14H2,(H,15,16). The van der Waals surface area contributed by atoms with Crippen molar-refractivity contribution in [2.45, 2.75) is 25.9 Å². The van der Waals surface area contributed by atoms with Crippen LogP contribution in [0.4, 0.5) is 5.69 Å². The maximum Gasteiger partial charge on any atom is 0.132 e. The Bertz CT molecular complexity index is 533. The predicted octanol–water partition coefficient (Wildman–Crippen LogP) is 2.06. The van der Waals surface area contributed by atoms with Crippen molar-refractivity contribution in [3.05, 3.63) is 41.2 Å². The van der Waals surface area contributed by atoms with Crippen molar-refractivity contribution >= 4 is 5.69 Å². The fourth-order valence-corrected chi connectivity index (χ4v) is 2.26. The summed E-state index contributed by atoms with van der Waals surface area (Å²) in [6, 6.07) is 7.47. The molecule has 0 unspecified atom stereocenters. The van der Waals surface area contributed by atoms with Crippen molar-refractivity contribution < 1.29 is 4.74 Å². The van der Waals surface area contributed by atoms with Crippen molar-refractivity contribution in [3.63, 3.8) is 0 Å². The van der Waals surface area contributed by atoms with Crippen molar-refractivity contribution in [1.82, 2.24) is 10.2 Å². The van der Waals surface area contributed by atoms with Gasteiger partial charge in [-0.1, -0.05) is 6.07 Å². The number of benzene rings is 1. The van der Waals surface area contributed by atoms with E-state index in [4.69, 9.17) is 10.5 Å². The van der Waals surface area contributed by atoms with Gasteiger partial charge >= 0.3 is 0 Å². The fraction of sp³-hybridized carbons (Fsp3) is 0.308. The SMILES string of the molecule is Nc1cccc(OCc2n[nH]c3c2CCC3)c1. The second kappa shape index (κ2) is 4.13. The molecule has 3 N–H and O–H groups in total. The number of hydrogen-bond donors (Lipinski definition) is 2. The molecule has 0 saturated carbocycles. The number of aromatic amines is 1. The highest BCUT2D eigenvalue weighted by molar-refractivity contribution is 5.43. The summed E-state index contributed by atoms with van der Waals surface area (Å²) in [6.45, 7) is 0.509. The van der Waals surface area contributed by atoms with Gasteiger partial charge < -0.3 is 10.5 Å². The molecule has 0 saturated heterocycles. The second-order valence-electron chi connectivity index (χ2n) is 4.34. The van der Waals surface area contributed by atoms with Gasteiger partial charge in [-0.3, -0.25) is 5.10 Å². The number of hydrogen-bond acceptors (Lipinski definition) is 3. The molecule has 4 heteroatoms. The third-order valence-corrected chi connectivity index (χ3v) is 3.13. The molecule has 0 atom stereocenters. The van der Waals surface area contributed by atoms with Crippen molar-refractivity contribution in [2.75, 3.05) is 5.73 Å². The third kappa shape index (κ3) is 1.98. The number of fused-ring (bicyclic) bond motifs is 1. The molecule has 3 rings (SSSR count). The van der Waals surface area contributed by atoms with Gasteiger partial charge in [0.2, 0.25) is 0 Å². The Labute approximate surface area is 99.8 Å². The number of aromatic nitrogens is 2. The van der Waals surface area contributed by atoms with Crippen molar-refractivity contribution in [2.24, 2.45) is 0 Å². The predicted molar refractivity (Wildman–Crippen MR) is 65.8 cm³/mol. The highest BCUT2D eigenvalue weighted by atomic mass is 16.5. The molecule has 4 nitrogen and oxygen atoms in total. The van der Waals surface area contributed by atoms with Crippen molar-refractivity contribution in [1.29, 1.82) is 0 Å². The quantitative estimate of drug-likeness (QED) is 0.792. The van der Waals surface area contributed by atoms with Crippen LogP contribution in [0.5, 0.6) is 5.75 Å². The van der Waals surface area contributed by atoms with Crippen LogP contribution in [0.3, 0.4) is 0 Å². The first-order chi connectivity index (χ1) is 8.33. The van der Waals surface area contributed by atoms with Crippen LogP contribution in [0, 0.1) is 0 Å². The van der Waals surface area contributed by atoms with E-state index in [1.54, 1.807) is 0 Å². The summed E-state index contributed by atoms with van der Waals surface area (Å²) in [7, 11) is 0. The lowest BCUT2D eigenvalue weighted by molar-refractivity contribution is 0.300. The Kier molecular flexibility index (Phi) is 2.48. The zero-order valence-corrected chi connectivity index (χ0v) is 9.57. The van der Waals surface area contributed by atoms with E-state index in [1.807, 2.05) is 24.3 Å². The van der Waals surface area contributed by atoms with Gasteiger partial charge in [-0.15, -0.1) is 0 Å². The molecule has 88 valence electrons. The number of anilines is 1. The minimum absolute atomic E-state index is 0.509. The zero-order chi connectivity index (χ0) is 11.7. The van der Waals surface area contributed by atoms with Crippen LogP contribution in [0.2, 0.25) is 0 Å². The summed E-state index contributed by atoms with van der Waals surface area (Å²) in [4.78, 5) is 0. The Hall–Kier alpha value is -1.97. The number of ether oxygens (including phenoxy) is 1. The van der Waals surface area contributed by atoms with Gasteiger partial charge in [-0.05, 0) is 37.0 Å². The Balaban J connectivity index is 1.72. The number of nitrogens with two attached hydrogens (primary N) is 1. The molecule has 1 aromatic heterocycles. The number of nitrogen functional groups attached to an aromatic ring is 1. The summed E-state index contributed by atoms with van der Waals surface area (Å²) in [6.07, 6.45) is 3.44. The van der Waals surface area contributed by atoms with Gasteiger partial charge in [0.25, 0.3) is 0 Å². The first kappa shape index (κ1) is 10.2. The Morgan fingerprint density at radius 1 is 1.35 bits per heavy atom. The lowest BCUT2D eigenvalue weighted by Crippen LogP contribution is -1.99. The van der Waals surface area contributed by atoms with Crippen LogP contribution in [0.25, 0.3) is 0 Å². The molecule has 2 aromatic rings. The third-order valence-electron chi connectivity index (χ3n) is 3.13. The monoisotopic (exact) mass is 229 g/mol. The maximum absolute atomic E-state index is 5.70. The lowest BCUT2D eigenvalue weighted by atomic mass is 10.2. The number of aryl methyl sites for hydroxylation is 1. The van der Waals surface area contributed by atoms with E-state index >= 15 is 0 Å². The molecule has 0 fully saturated rings. The highest BCUT2D eigenvalue weighted by Crippen LogP contribution is 2.24. The van der Waals surface area contributed by atoms with Gasteiger partial charge in [0.1, 0.15) is 18.1 Å². The molecule has 1 heterocycles. The van der Waals surface area contributed by atoms with Crippen molar-refractivity contribution in [3.8, 4) is 5.75 Å². The van der Waals surface area contributed by atoms with Gasteiger partial charge in [0.05, 0.1) is 0 Å². The summed E-state index contributed by atoms with van der Waals surface area (Å²) < 4.78 is 5.69. The summed E-state index contributed by atoms with van der Waals surface area (Å²) >= 11 is 0. The zero-order valence-electron chi connectivity index (χ0n) is 9.57. The normalized spacial score (nSPS) is 13.6. The van der Waals surface area contributed by atoms with Crippen LogP contribution in [-0.4, -0.2) is 10.2 Å². The van der Waals surface area contributed by atoms with Gasteiger partial charge in [0, 0.05) is 17.4 Å². The minimum atomic E-state index is 0.509. The first-order valence-corrected chi connectivity index (χ1v) is 5.86. The van der Waals surface area contributed by atoms with Gasteiger partial charge in [0.15, 0.2) is 0 Å². The van der Waals surface area contributed by atoms with E-state index < -0.39 is 0 Å². The van der Waals surface area contributed by atoms with Crippen LogP contribution >= 0.6 is 0 Å². The average molecular weight is 229 g/mol. The van der Waals surface area contributed by atoms with Gasteiger partial charge in [-0.25, -0.2) is 0 Å². The number of nitrogens with one attached hydrogen (secondary N) is 1. The average Bonchev–Trinajstić information content (AvgIpc) is 2.89. The summed E-state index contributed by atoms with van der Waals surface area (Å²) in [5.74, 6) is 0.791.